The van der Waals surface area contributed by atoms with Crippen molar-refractivity contribution in [3.8, 4) is 11.3 Å². The number of aryl methyl sites for hydroxylation is 1. The maximum Gasteiger partial charge on any atom is 0.251 e. The number of carbonyl (C=O) groups excluding carboxylic acids is 1. The number of nitrogens with one attached hydrogen (secondary N) is 2. The van der Waals surface area contributed by atoms with Crippen LogP contribution in [0.15, 0.2) is 77.9 Å². The molecule has 1 saturated heterocycles. The van der Waals surface area contributed by atoms with E-state index in [1.165, 1.54) is 0 Å². The van der Waals surface area contributed by atoms with Gasteiger partial charge in [0.15, 0.2) is 0 Å². The van der Waals surface area contributed by atoms with Crippen molar-refractivity contribution in [2.45, 2.75) is 13.5 Å². The van der Waals surface area contributed by atoms with Crippen LogP contribution < -0.4 is 10.6 Å². The largest absolute Gasteiger partial charge is 0.379 e. The van der Waals surface area contributed by atoms with Crippen molar-refractivity contribution in [3.05, 3.63) is 106 Å². The highest BCUT2D eigenvalue weighted by Crippen LogP contribution is 2.34. The zero-order chi connectivity index (χ0) is 28.2. The Morgan fingerprint density at radius 1 is 1.00 bits per heavy atom. The lowest BCUT2D eigenvalue weighted by Crippen LogP contribution is -2.41. The molecule has 1 amide bonds. The van der Waals surface area contributed by atoms with Gasteiger partial charge in [0.05, 0.1) is 31.2 Å². The molecule has 1 fully saturated rings. The molecule has 3 aromatic carbocycles. The molecule has 8 nitrogen and oxygen atoms in total. The lowest BCUT2D eigenvalue weighted by molar-refractivity contribution is 0.0383. The summed E-state index contributed by atoms with van der Waals surface area (Å²) in [6.45, 7) is 7.27. The van der Waals surface area contributed by atoms with Crippen molar-refractivity contribution < 1.29 is 9.53 Å². The Balaban J connectivity index is 1.19. The molecule has 2 aliphatic heterocycles. The minimum absolute atomic E-state index is 0.0918. The number of carbonyl (C=O) groups is 1. The van der Waals surface area contributed by atoms with Crippen LogP contribution in [0.5, 0.6) is 0 Å². The number of hydrogen-bond donors (Lipinski definition) is 2. The van der Waals surface area contributed by atoms with Gasteiger partial charge in [-0.25, -0.2) is 9.97 Å². The standard InChI is InChI=1S/C32H31ClN6O2/c1-21-4-2-3-5-26(21)30-28-18-24(33)8-11-27(28)29-23(19-35-30)20-36-32(38-29)37-25-9-6-22(7-10-25)31(40)34-12-13-39-14-16-41-17-15-39/h2-11,18,20H,12-17,19H2,1H3,(H,34,40)(H,36,37,38). The predicted octanol–water partition coefficient (Wildman–Crippen LogP) is 5.26. The summed E-state index contributed by atoms with van der Waals surface area (Å²) in [6.07, 6.45) is 1.82. The molecule has 9 heteroatoms. The number of benzene rings is 3. The third kappa shape index (κ3) is 6.15. The fraction of sp³-hybridized carbons (Fsp3) is 0.250. The van der Waals surface area contributed by atoms with Crippen LogP contribution in [0, 0.1) is 6.92 Å². The third-order valence-electron chi connectivity index (χ3n) is 7.38. The van der Waals surface area contributed by atoms with E-state index in [1.807, 2.05) is 48.7 Å². The Labute approximate surface area is 244 Å². The molecular weight excluding hydrogens is 536 g/mol. The molecular formula is C32H31ClN6O2. The molecule has 1 aromatic heterocycles. The van der Waals surface area contributed by atoms with Gasteiger partial charge in [0, 0.05) is 70.9 Å². The normalized spacial score (nSPS) is 14.8. The number of aliphatic imine (C=N–C) groups is 1. The maximum absolute atomic E-state index is 12.6. The Morgan fingerprint density at radius 2 is 1.80 bits per heavy atom. The fourth-order valence-corrected chi connectivity index (χ4v) is 5.31. The number of rotatable bonds is 7. The first-order valence-corrected chi connectivity index (χ1v) is 14.1. The lowest BCUT2D eigenvalue weighted by Gasteiger charge is -2.26. The Bertz CT molecular complexity index is 1600. The molecule has 208 valence electrons. The zero-order valence-corrected chi connectivity index (χ0v) is 23.6. The molecule has 0 unspecified atom stereocenters. The summed E-state index contributed by atoms with van der Waals surface area (Å²) in [6, 6.07) is 21.4. The second kappa shape index (κ2) is 12.2. The molecule has 2 N–H and O–H groups in total. The fourth-order valence-electron chi connectivity index (χ4n) is 5.14. The molecule has 41 heavy (non-hydrogen) atoms. The van der Waals surface area contributed by atoms with Crippen LogP contribution in [0.1, 0.15) is 32.6 Å². The van der Waals surface area contributed by atoms with E-state index in [4.69, 9.17) is 26.3 Å². The monoisotopic (exact) mass is 566 g/mol. The Morgan fingerprint density at radius 3 is 2.61 bits per heavy atom. The van der Waals surface area contributed by atoms with E-state index in [2.05, 4.69) is 39.6 Å². The van der Waals surface area contributed by atoms with E-state index in [0.29, 0.717) is 29.6 Å². The highest BCUT2D eigenvalue weighted by Gasteiger charge is 2.22. The van der Waals surface area contributed by atoms with Crippen LogP contribution >= 0.6 is 11.6 Å². The number of amides is 1. The number of fused-ring (bicyclic) bond motifs is 3. The molecule has 0 aliphatic carbocycles. The summed E-state index contributed by atoms with van der Waals surface area (Å²) in [5.41, 5.74) is 8.16. The van der Waals surface area contributed by atoms with E-state index in [0.717, 1.165) is 77.8 Å². The number of ether oxygens (including phenoxy) is 1. The number of nitrogens with zero attached hydrogens (tertiary/aromatic N) is 4. The molecule has 0 bridgehead atoms. The number of aromatic nitrogens is 2. The molecule has 2 aliphatic rings. The van der Waals surface area contributed by atoms with Gasteiger partial charge >= 0.3 is 0 Å². The number of halogens is 1. The molecule has 6 rings (SSSR count). The molecule has 0 atom stereocenters. The summed E-state index contributed by atoms with van der Waals surface area (Å²) in [4.78, 5) is 29.4. The molecule has 0 saturated carbocycles. The van der Waals surface area contributed by atoms with E-state index in [-0.39, 0.29) is 5.91 Å². The van der Waals surface area contributed by atoms with E-state index in [9.17, 15) is 4.79 Å². The smallest absolute Gasteiger partial charge is 0.251 e. The topological polar surface area (TPSA) is 91.7 Å². The van der Waals surface area contributed by atoms with Crippen LogP contribution in [0.3, 0.4) is 0 Å². The summed E-state index contributed by atoms with van der Waals surface area (Å²) in [7, 11) is 0. The van der Waals surface area contributed by atoms with Gasteiger partial charge in [-0.2, -0.15) is 0 Å². The SMILES string of the molecule is Cc1ccccc1C1=NCc2cnc(Nc3ccc(C(=O)NCCN4CCOCC4)cc3)nc2-c2ccc(Cl)cc21. The quantitative estimate of drug-likeness (QED) is 0.317. The Kier molecular flexibility index (Phi) is 8.04. The summed E-state index contributed by atoms with van der Waals surface area (Å²) in [5, 5.41) is 6.93. The minimum Gasteiger partial charge on any atom is -0.379 e. The van der Waals surface area contributed by atoms with Gasteiger partial charge in [-0.1, -0.05) is 41.9 Å². The zero-order valence-electron chi connectivity index (χ0n) is 22.9. The highest BCUT2D eigenvalue weighted by molar-refractivity contribution is 6.31. The van der Waals surface area contributed by atoms with Gasteiger partial charge in [0.1, 0.15) is 0 Å². The second-order valence-electron chi connectivity index (χ2n) is 10.1. The number of morpholine rings is 1. The predicted molar refractivity (Wildman–Crippen MR) is 162 cm³/mol. The van der Waals surface area contributed by atoms with Crippen LogP contribution in [0.2, 0.25) is 5.02 Å². The van der Waals surface area contributed by atoms with Crippen molar-refractivity contribution in [3.63, 3.8) is 0 Å². The first-order valence-electron chi connectivity index (χ1n) is 13.8. The van der Waals surface area contributed by atoms with Gasteiger partial charge in [-0.3, -0.25) is 14.7 Å². The van der Waals surface area contributed by atoms with E-state index < -0.39 is 0 Å². The molecule has 0 radical (unpaired) electrons. The van der Waals surface area contributed by atoms with Crippen molar-refractivity contribution in [1.29, 1.82) is 0 Å². The second-order valence-corrected chi connectivity index (χ2v) is 10.6. The number of hydrogen-bond acceptors (Lipinski definition) is 7. The third-order valence-corrected chi connectivity index (χ3v) is 7.62. The maximum atomic E-state index is 12.6. The van der Waals surface area contributed by atoms with E-state index >= 15 is 0 Å². The van der Waals surface area contributed by atoms with Crippen LogP contribution in [0.4, 0.5) is 11.6 Å². The van der Waals surface area contributed by atoms with Crippen molar-refractivity contribution >= 4 is 34.9 Å². The van der Waals surface area contributed by atoms with Crippen LogP contribution in [-0.2, 0) is 11.3 Å². The first kappa shape index (κ1) is 27.1. The van der Waals surface area contributed by atoms with Crippen molar-refractivity contribution in [1.82, 2.24) is 20.2 Å². The number of anilines is 2. The highest BCUT2D eigenvalue weighted by atomic mass is 35.5. The van der Waals surface area contributed by atoms with Gasteiger partial charge in [0.25, 0.3) is 5.91 Å². The summed E-state index contributed by atoms with van der Waals surface area (Å²) < 4.78 is 5.37. The van der Waals surface area contributed by atoms with Crippen molar-refractivity contribution in [2.24, 2.45) is 4.99 Å². The van der Waals surface area contributed by atoms with Gasteiger partial charge in [-0.15, -0.1) is 0 Å². The van der Waals surface area contributed by atoms with Gasteiger partial charge in [0.2, 0.25) is 5.95 Å². The lowest BCUT2D eigenvalue weighted by atomic mass is 9.93. The van der Waals surface area contributed by atoms with Crippen molar-refractivity contribution in [2.75, 3.05) is 44.7 Å². The van der Waals surface area contributed by atoms with E-state index in [1.54, 1.807) is 12.1 Å². The van der Waals surface area contributed by atoms with Gasteiger partial charge < -0.3 is 15.4 Å². The molecule has 4 aromatic rings. The van der Waals surface area contributed by atoms with Gasteiger partial charge in [-0.05, 0) is 48.9 Å². The first-order chi connectivity index (χ1) is 20.0. The summed E-state index contributed by atoms with van der Waals surface area (Å²) >= 11 is 6.45. The Hall–Kier alpha value is -4.11. The van der Waals surface area contributed by atoms with Crippen LogP contribution in [0.25, 0.3) is 11.3 Å². The minimum atomic E-state index is -0.0918. The molecule has 0 spiro atoms. The average Bonchev–Trinajstić information content (AvgIpc) is 3.14. The van der Waals surface area contributed by atoms with Crippen LogP contribution in [-0.4, -0.2) is 65.9 Å². The average molecular weight is 567 g/mol. The summed E-state index contributed by atoms with van der Waals surface area (Å²) in [5.74, 6) is 0.373. The molecule has 3 heterocycles.